The topological polar surface area (TPSA) is 82.1 Å². The number of carbonyl (C=O) groups excluding carboxylic acids is 2. The van der Waals surface area contributed by atoms with Crippen molar-refractivity contribution in [1.82, 2.24) is 0 Å². The Hall–Kier alpha value is -2.24. The molecule has 0 saturated heterocycles. The summed E-state index contributed by atoms with van der Waals surface area (Å²) in [4.78, 5) is 22.8. The molecule has 0 radical (unpaired) electrons. The fourth-order valence-electron chi connectivity index (χ4n) is 1.48. The van der Waals surface area contributed by atoms with E-state index in [9.17, 15) is 14.7 Å². The van der Waals surface area contributed by atoms with Gasteiger partial charge in [-0.1, -0.05) is 0 Å². The van der Waals surface area contributed by atoms with Crippen LogP contribution < -0.4 is 4.74 Å². The predicted octanol–water partition coefficient (Wildman–Crippen LogP) is 0.903. The fourth-order valence-corrected chi connectivity index (χ4v) is 1.48. The van der Waals surface area contributed by atoms with Crippen molar-refractivity contribution < 1.29 is 28.9 Å². The molecule has 0 unspecified atom stereocenters. The van der Waals surface area contributed by atoms with Crippen molar-refractivity contribution in [2.24, 2.45) is 0 Å². The quantitative estimate of drug-likeness (QED) is 0.804. The van der Waals surface area contributed by atoms with Crippen molar-refractivity contribution in [2.45, 2.75) is 6.42 Å². The molecule has 0 aliphatic rings. The Kier molecular flexibility index (Phi) is 4.53. The van der Waals surface area contributed by atoms with E-state index >= 15 is 0 Å². The lowest BCUT2D eigenvalue weighted by atomic mass is 10.0. The van der Waals surface area contributed by atoms with E-state index < -0.39 is 11.9 Å². The highest BCUT2D eigenvalue weighted by molar-refractivity contribution is 5.95. The molecule has 1 aromatic carbocycles. The molecule has 0 atom stereocenters. The molecule has 0 heterocycles. The molecule has 0 fully saturated rings. The Morgan fingerprint density at radius 1 is 1.17 bits per heavy atom. The Labute approximate surface area is 104 Å². The van der Waals surface area contributed by atoms with E-state index in [0.29, 0.717) is 5.75 Å². The van der Waals surface area contributed by atoms with Crippen molar-refractivity contribution in [2.75, 3.05) is 21.3 Å². The van der Waals surface area contributed by atoms with Gasteiger partial charge in [0.25, 0.3) is 0 Å². The van der Waals surface area contributed by atoms with Crippen LogP contribution in [0.25, 0.3) is 0 Å². The number of methoxy groups -OCH3 is 3. The highest BCUT2D eigenvalue weighted by Gasteiger charge is 2.20. The van der Waals surface area contributed by atoms with Crippen LogP contribution in [-0.2, 0) is 20.7 Å². The van der Waals surface area contributed by atoms with Crippen molar-refractivity contribution in [1.29, 1.82) is 0 Å². The van der Waals surface area contributed by atoms with Crippen molar-refractivity contribution >= 4 is 11.9 Å². The van der Waals surface area contributed by atoms with Gasteiger partial charge in [0.15, 0.2) is 0 Å². The molecule has 0 bridgehead atoms. The zero-order valence-electron chi connectivity index (χ0n) is 10.4. The summed E-state index contributed by atoms with van der Waals surface area (Å²) in [5.74, 6) is -1.24. The van der Waals surface area contributed by atoms with E-state index in [0.717, 1.165) is 0 Å². The minimum atomic E-state index is -0.728. The van der Waals surface area contributed by atoms with E-state index in [1.807, 2.05) is 0 Å². The van der Waals surface area contributed by atoms with Gasteiger partial charge in [0.1, 0.15) is 17.1 Å². The van der Waals surface area contributed by atoms with Gasteiger partial charge < -0.3 is 19.3 Å². The van der Waals surface area contributed by atoms with Gasteiger partial charge >= 0.3 is 11.9 Å². The lowest BCUT2D eigenvalue weighted by Crippen LogP contribution is -2.11. The molecule has 6 nitrogen and oxygen atoms in total. The maximum atomic E-state index is 11.5. The summed E-state index contributed by atoms with van der Waals surface area (Å²) in [6, 6.07) is 2.75. The van der Waals surface area contributed by atoms with Crippen LogP contribution >= 0.6 is 0 Å². The molecular formula is C12H14O6. The van der Waals surface area contributed by atoms with Crippen LogP contribution in [0.2, 0.25) is 0 Å². The lowest BCUT2D eigenvalue weighted by molar-refractivity contribution is -0.139. The molecular weight excluding hydrogens is 240 g/mol. The largest absolute Gasteiger partial charge is 0.507 e. The third-order valence-electron chi connectivity index (χ3n) is 2.36. The number of rotatable bonds is 4. The Bertz CT molecular complexity index is 466. The molecule has 0 aliphatic carbocycles. The van der Waals surface area contributed by atoms with Crippen molar-refractivity contribution in [3.05, 3.63) is 23.3 Å². The van der Waals surface area contributed by atoms with Crippen LogP contribution in [0.1, 0.15) is 15.9 Å². The molecule has 1 aromatic rings. The number of phenols is 1. The normalized spacial score (nSPS) is 9.72. The number of esters is 2. The predicted molar refractivity (Wildman–Crippen MR) is 61.7 cm³/mol. The summed E-state index contributed by atoms with van der Waals surface area (Å²) < 4.78 is 14.0. The van der Waals surface area contributed by atoms with Gasteiger partial charge in [-0.3, -0.25) is 4.79 Å². The maximum absolute atomic E-state index is 11.5. The molecule has 0 saturated carbocycles. The van der Waals surface area contributed by atoms with Crippen LogP contribution in [0.5, 0.6) is 11.5 Å². The van der Waals surface area contributed by atoms with Gasteiger partial charge in [0.2, 0.25) is 0 Å². The zero-order chi connectivity index (χ0) is 13.7. The van der Waals surface area contributed by atoms with Crippen LogP contribution in [-0.4, -0.2) is 38.4 Å². The van der Waals surface area contributed by atoms with Crippen LogP contribution in [0.4, 0.5) is 0 Å². The highest BCUT2D eigenvalue weighted by atomic mass is 16.5. The molecule has 0 amide bonds. The second kappa shape index (κ2) is 5.90. The third kappa shape index (κ3) is 2.91. The number of carbonyl (C=O) groups is 2. The summed E-state index contributed by atoms with van der Waals surface area (Å²) in [6.45, 7) is 0. The molecule has 0 aromatic heterocycles. The minimum Gasteiger partial charge on any atom is -0.507 e. The average Bonchev–Trinajstić information content (AvgIpc) is 2.37. The molecule has 18 heavy (non-hydrogen) atoms. The van der Waals surface area contributed by atoms with E-state index in [2.05, 4.69) is 9.47 Å². The van der Waals surface area contributed by atoms with Gasteiger partial charge in [0.05, 0.1) is 27.8 Å². The second-order valence-electron chi connectivity index (χ2n) is 3.43. The monoisotopic (exact) mass is 254 g/mol. The Balaban J connectivity index is 3.28. The van der Waals surface area contributed by atoms with Crippen LogP contribution in [0, 0.1) is 0 Å². The maximum Gasteiger partial charge on any atom is 0.341 e. The summed E-state index contributed by atoms with van der Waals surface area (Å²) in [5.41, 5.74) is 0.217. The van der Waals surface area contributed by atoms with Gasteiger partial charge in [-0.15, -0.1) is 0 Å². The zero-order valence-corrected chi connectivity index (χ0v) is 10.4. The molecule has 1 rings (SSSR count). The van der Waals surface area contributed by atoms with E-state index in [1.165, 1.54) is 33.5 Å². The van der Waals surface area contributed by atoms with Gasteiger partial charge in [-0.2, -0.15) is 0 Å². The van der Waals surface area contributed by atoms with Crippen molar-refractivity contribution in [3.8, 4) is 11.5 Å². The molecule has 98 valence electrons. The summed E-state index contributed by atoms with van der Waals surface area (Å²) in [7, 11) is 3.84. The minimum absolute atomic E-state index is 0.0660. The van der Waals surface area contributed by atoms with E-state index in [4.69, 9.17) is 4.74 Å². The smallest absolute Gasteiger partial charge is 0.341 e. The number of hydrogen-bond donors (Lipinski definition) is 1. The third-order valence-corrected chi connectivity index (χ3v) is 2.36. The lowest BCUT2D eigenvalue weighted by Gasteiger charge is -2.11. The Morgan fingerprint density at radius 3 is 2.33 bits per heavy atom. The molecule has 0 spiro atoms. The summed E-state index contributed by atoms with van der Waals surface area (Å²) in [5, 5.41) is 9.76. The first-order valence-corrected chi connectivity index (χ1v) is 5.08. The molecule has 0 aliphatic heterocycles. The average molecular weight is 254 g/mol. The first-order chi connectivity index (χ1) is 8.53. The second-order valence-corrected chi connectivity index (χ2v) is 3.43. The number of ether oxygens (including phenoxy) is 3. The number of hydrogen-bond acceptors (Lipinski definition) is 6. The van der Waals surface area contributed by atoms with Gasteiger partial charge in [0, 0.05) is 6.07 Å². The first-order valence-electron chi connectivity index (χ1n) is 5.08. The summed E-state index contributed by atoms with van der Waals surface area (Å²) >= 11 is 0. The van der Waals surface area contributed by atoms with Crippen molar-refractivity contribution in [3.63, 3.8) is 0 Å². The number of benzene rings is 1. The van der Waals surface area contributed by atoms with Gasteiger partial charge in [-0.25, -0.2) is 4.79 Å². The molecule has 1 N–H and O–H groups in total. The first kappa shape index (κ1) is 13.8. The van der Waals surface area contributed by atoms with E-state index in [-0.39, 0.29) is 23.3 Å². The van der Waals surface area contributed by atoms with Gasteiger partial charge in [-0.05, 0) is 11.6 Å². The standard InChI is InChI=1S/C12H14O6/c1-16-8-4-7(5-10(14)17-2)11(9(13)6-8)12(15)18-3/h4,6,13H,5H2,1-3H3. The Morgan fingerprint density at radius 2 is 1.83 bits per heavy atom. The highest BCUT2D eigenvalue weighted by Crippen LogP contribution is 2.29. The number of phenolic OH excluding ortho intramolecular Hbond substituents is 1. The SMILES string of the molecule is COC(=O)Cc1cc(OC)cc(O)c1C(=O)OC. The summed E-state index contributed by atoms with van der Waals surface area (Å²) in [6.07, 6.45) is -0.161. The molecule has 6 heteroatoms. The van der Waals surface area contributed by atoms with Crippen LogP contribution in [0.15, 0.2) is 12.1 Å². The number of aromatic hydroxyl groups is 1. The fraction of sp³-hybridized carbons (Fsp3) is 0.333. The van der Waals surface area contributed by atoms with E-state index in [1.54, 1.807) is 0 Å². The van der Waals surface area contributed by atoms with Crippen LogP contribution in [0.3, 0.4) is 0 Å².